The van der Waals surface area contributed by atoms with Gasteiger partial charge in [-0.15, -0.1) is 0 Å². The molecular formula is C17H15BrN2O. The summed E-state index contributed by atoms with van der Waals surface area (Å²) < 4.78 is 6.56. The fraction of sp³-hybridized carbons (Fsp3) is 0.118. The molecule has 0 saturated carbocycles. The molecule has 0 amide bonds. The number of hydrogen-bond acceptors (Lipinski definition) is 3. The molecule has 0 bridgehead atoms. The minimum atomic E-state index is -0.198. The average Bonchev–Trinajstić information content (AvgIpc) is 2.54. The molecule has 1 aromatic heterocycles. The Morgan fingerprint density at radius 2 is 1.86 bits per heavy atom. The van der Waals surface area contributed by atoms with Gasteiger partial charge in [-0.05, 0) is 28.1 Å². The number of halogens is 1. The zero-order chi connectivity index (χ0) is 14.7. The van der Waals surface area contributed by atoms with Crippen LogP contribution in [0.1, 0.15) is 11.8 Å². The first kappa shape index (κ1) is 14.0. The quantitative estimate of drug-likeness (QED) is 0.694. The van der Waals surface area contributed by atoms with Crippen molar-refractivity contribution in [1.29, 1.82) is 0 Å². The summed E-state index contributed by atoms with van der Waals surface area (Å²) in [6.45, 7) is 0. The zero-order valence-corrected chi connectivity index (χ0v) is 13.2. The normalized spacial score (nSPS) is 12.3. The summed E-state index contributed by atoms with van der Waals surface area (Å²) in [6, 6.07) is 18.1. The number of fused-ring (bicyclic) bond motifs is 1. The Balaban J connectivity index is 1.99. The predicted octanol–water partition coefficient (Wildman–Crippen LogP) is 4.75. The average molecular weight is 343 g/mol. The molecule has 0 radical (unpaired) electrons. The van der Waals surface area contributed by atoms with Crippen LogP contribution < -0.4 is 5.32 Å². The number of methoxy groups -OCH3 is 1. The number of hydrogen-bond donors (Lipinski definition) is 1. The lowest BCUT2D eigenvalue weighted by molar-refractivity contribution is 0.127. The second-order valence-electron chi connectivity index (χ2n) is 4.67. The van der Waals surface area contributed by atoms with Crippen LogP contribution in [-0.2, 0) is 4.74 Å². The highest BCUT2D eigenvalue weighted by atomic mass is 79.9. The Morgan fingerprint density at radius 3 is 2.62 bits per heavy atom. The molecule has 4 heteroatoms. The standard InChI is InChI=1S/C17H15BrN2O/c1-21-17(12-6-3-2-4-7-12)20-15-10-11-19-16-13(15)8-5-9-14(16)18/h2-11,17H,1H3,(H,19,20). The lowest BCUT2D eigenvalue weighted by Gasteiger charge is -2.20. The molecule has 0 fully saturated rings. The molecule has 0 saturated heterocycles. The second-order valence-corrected chi connectivity index (χ2v) is 5.52. The highest BCUT2D eigenvalue weighted by Gasteiger charge is 2.12. The van der Waals surface area contributed by atoms with Crippen molar-refractivity contribution < 1.29 is 4.74 Å². The fourth-order valence-corrected chi connectivity index (χ4v) is 2.78. The first-order valence-corrected chi connectivity index (χ1v) is 7.46. The lowest BCUT2D eigenvalue weighted by Crippen LogP contribution is -2.12. The third kappa shape index (κ3) is 2.91. The van der Waals surface area contributed by atoms with E-state index in [0.29, 0.717) is 0 Å². The number of ether oxygens (including phenoxy) is 1. The fourth-order valence-electron chi connectivity index (χ4n) is 2.31. The number of anilines is 1. The van der Waals surface area contributed by atoms with Crippen LogP contribution in [0.15, 0.2) is 65.3 Å². The van der Waals surface area contributed by atoms with E-state index < -0.39 is 0 Å². The van der Waals surface area contributed by atoms with Crippen LogP contribution >= 0.6 is 15.9 Å². The third-order valence-electron chi connectivity index (χ3n) is 3.35. The summed E-state index contributed by atoms with van der Waals surface area (Å²) in [7, 11) is 1.70. The van der Waals surface area contributed by atoms with E-state index in [9.17, 15) is 0 Å². The molecule has 2 aromatic carbocycles. The van der Waals surface area contributed by atoms with Gasteiger partial charge in [-0.2, -0.15) is 0 Å². The second kappa shape index (κ2) is 6.24. The lowest BCUT2D eigenvalue weighted by atomic mass is 10.1. The van der Waals surface area contributed by atoms with E-state index in [2.05, 4.69) is 26.2 Å². The topological polar surface area (TPSA) is 34.1 Å². The van der Waals surface area contributed by atoms with Crippen LogP contribution in [0, 0.1) is 0 Å². The number of pyridine rings is 1. The minimum Gasteiger partial charge on any atom is -0.357 e. The van der Waals surface area contributed by atoms with Gasteiger partial charge in [-0.25, -0.2) is 0 Å². The maximum atomic E-state index is 5.58. The number of nitrogens with one attached hydrogen (secondary N) is 1. The predicted molar refractivity (Wildman–Crippen MR) is 89.3 cm³/mol. The van der Waals surface area contributed by atoms with Crippen molar-refractivity contribution in [3.63, 3.8) is 0 Å². The van der Waals surface area contributed by atoms with E-state index in [1.807, 2.05) is 54.6 Å². The van der Waals surface area contributed by atoms with Crippen molar-refractivity contribution in [2.75, 3.05) is 12.4 Å². The largest absolute Gasteiger partial charge is 0.357 e. The van der Waals surface area contributed by atoms with Gasteiger partial charge in [-0.1, -0.05) is 42.5 Å². The molecule has 3 rings (SSSR count). The Labute approximate surface area is 132 Å². The molecule has 3 aromatic rings. The number of rotatable bonds is 4. The van der Waals surface area contributed by atoms with Crippen LogP contribution in [0.5, 0.6) is 0 Å². The van der Waals surface area contributed by atoms with Gasteiger partial charge in [0.25, 0.3) is 0 Å². The van der Waals surface area contributed by atoms with Gasteiger partial charge in [-0.3, -0.25) is 4.98 Å². The molecule has 1 heterocycles. The van der Waals surface area contributed by atoms with Crippen molar-refractivity contribution in [3.8, 4) is 0 Å². The van der Waals surface area contributed by atoms with Crippen molar-refractivity contribution in [2.24, 2.45) is 0 Å². The number of benzene rings is 2. The summed E-state index contributed by atoms with van der Waals surface area (Å²) in [5.41, 5.74) is 3.02. The Hall–Kier alpha value is -1.91. The SMILES string of the molecule is COC(Nc1ccnc2c(Br)cccc12)c1ccccc1. The van der Waals surface area contributed by atoms with Crippen molar-refractivity contribution >= 4 is 32.5 Å². The van der Waals surface area contributed by atoms with Gasteiger partial charge in [0.2, 0.25) is 0 Å². The Morgan fingerprint density at radius 1 is 1.05 bits per heavy atom. The molecular weight excluding hydrogens is 328 g/mol. The first-order chi connectivity index (χ1) is 10.3. The zero-order valence-electron chi connectivity index (χ0n) is 11.6. The van der Waals surface area contributed by atoms with Crippen LogP contribution in [0.25, 0.3) is 10.9 Å². The van der Waals surface area contributed by atoms with Gasteiger partial charge in [0.05, 0.1) is 5.52 Å². The van der Waals surface area contributed by atoms with E-state index in [4.69, 9.17) is 4.74 Å². The molecule has 3 nitrogen and oxygen atoms in total. The van der Waals surface area contributed by atoms with Gasteiger partial charge < -0.3 is 10.1 Å². The maximum absolute atomic E-state index is 5.58. The number of para-hydroxylation sites is 1. The van der Waals surface area contributed by atoms with Crippen molar-refractivity contribution in [1.82, 2.24) is 4.98 Å². The molecule has 0 aliphatic carbocycles. The summed E-state index contributed by atoms with van der Waals surface area (Å²) in [4.78, 5) is 4.42. The Bertz CT molecular complexity index is 746. The van der Waals surface area contributed by atoms with E-state index >= 15 is 0 Å². The van der Waals surface area contributed by atoms with E-state index in [-0.39, 0.29) is 6.23 Å². The van der Waals surface area contributed by atoms with Crippen LogP contribution in [0.2, 0.25) is 0 Å². The molecule has 1 N–H and O–H groups in total. The van der Waals surface area contributed by atoms with Crippen LogP contribution in [-0.4, -0.2) is 12.1 Å². The first-order valence-electron chi connectivity index (χ1n) is 6.67. The molecule has 21 heavy (non-hydrogen) atoms. The van der Waals surface area contributed by atoms with E-state index in [0.717, 1.165) is 26.6 Å². The minimum absolute atomic E-state index is 0.198. The molecule has 0 aliphatic heterocycles. The molecule has 1 atom stereocenters. The van der Waals surface area contributed by atoms with Gasteiger partial charge >= 0.3 is 0 Å². The Kier molecular flexibility index (Phi) is 4.18. The summed E-state index contributed by atoms with van der Waals surface area (Å²) in [5.74, 6) is 0. The highest BCUT2D eigenvalue weighted by Crippen LogP contribution is 2.29. The van der Waals surface area contributed by atoms with Crippen LogP contribution in [0.4, 0.5) is 5.69 Å². The molecule has 1 unspecified atom stereocenters. The van der Waals surface area contributed by atoms with Gasteiger partial charge in [0.15, 0.2) is 6.23 Å². The van der Waals surface area contributed by atoms with Crippen molar-refractivity contribution in [3.05, 3.63) is 70.8 Å². The molecule has 106 valence electrons. The third-order valence-corrected chi connectivity index (χ3v) is 3.99. The van der Waals surface area contributed by atoms with E-state index in [1.165, 1.54) is 0 Å². The highest BCUT2D eigenvalue weighted by molar-refractivity contribution is 9.10. The summed E-state index contributed by atoms with van der Waals surface area (Å²) >= 11 is 3.54. The smallest absolute Gasteiger partial charge is 0.153 e. The molecule has 0 spiro atoms. The summed E-state index contributed by atoms with van der Waals surface area (Å²) in [5, 5.41) is 4.49. The van der Waals surface area contributed by atoms with E-state index in [1.54, 1.807) is 13.3 Å². The number of nitrogens with zero attached hydrogens (tertiary/aromatic N) is 1. The van der Waals surface area contributed by atoms with Gasteiger partial charge in [0.1, 0.15) is 0 Å². The van der Waals surface area contributed by atoms with Crippen LogP contribution in [0.3, 0.4) is 0 Å². The summed E-state index contributed by atoms with van der Waals surface area (Å²) in [6.07, 6.45) is 1.60. The maximum Gasteiger partial charge on any atom is 0.153 e. The molecule has 0 aliphatic rings. The number of aromatic nitrogens is 1. The monoisotopic (exact) mass is 342 g/mol. The van der Waals surface area contributed by atoms with Gasteiger partial charge in [0, 0.05) is 34.4 Å². The van der Waals surface area contributed by atoms with Crippen molar-refractivity contribution in [2.45, 2.75) is 6.23 Å².